The molecule has 0 spiro atoms. The van der Waals surface area contributed by atoms with E-state index in [0.717, 1.165) is 23.4 Å². The average molecular weight is 375 g/mol. The highest BCUT2D eigenvalue weighted by Gasteiger charge is 2.18. The summed E-state index contributed by atoms with van der Waals surface area (Å²) in [4.78, 5) is 34.1. The highest BCUT2D eigenvalue weighted by atomic mass is 32.2. The molecule has 8 nitrogen and oxygen atoms in total. The summed E-state index contributed by atoms with van der Waals surface area (Å²) in [5.41, 5.74) is 6.44. The summed E-state index contributed by atoms with van der Waals surface area (Å²) in [5.74, 6) is -1.08. The van der Waals surface area contributed by atoms with Crippen LogP contribution in [0.2, 0.25) is 0 Å². The minimum absolute atomic E-state index is 0.0226. The molecule has 0 aliphatic carbocycles. The Morgan fingerprint density at radius 3 is 2.69 bits per heavy atom. The average Bonchev–Trinajstić information content (AvgIpc) is 2.60. The molecule has 26 heavy (non-hydrogen) atoms. The maximum Gasteiger partial charge on any atom is 0.283 e. The minimum Gasteiger partial charge on any atom is -0.380 e. The van der Waals surface area contributed by atoms with Crippen LogP contribution in [0.3, 0.4) is 0 Å². The molecule has 0 fully saturated rings. The number of nitrogens with one attached hydrogen (secondary N) is 1. The number of hydrogen-bond acceptors (Lipinski definition) is 6. The van der Waals surface area contributed by atoms with Gasteiger partial charge in [0.15, 0.2) is 0 Å². The van der Waals surface area contributed by atoms with Gasteiger partial charge in [0, 0.05) is 24.4 Å². The van der Waals surface area contributed by atoms with Crippen LogP contribution >= 0.6 is 11.8 Å². The van der Waals surface area contributed by atoms with Gasteiger partial charge < -0.3 is 15.8 Å². The SMILES string of the molecule is COCc1cccc(NC(=O)CSc2ccc(C(N)=O)cc2[N+](=O)[O-])c1. The first-order chi connectivity index (χ1) is 12.4. The second kappa shape index (κ2) is 8.97. The van der Waals surface area contributed by atoms with E-state index >= 15 is 0 Å². The quantitative estimate of drug-likeness (QED) is 0.415. The van der Waals surface area contributed by atoms with Gasteiger partial charge in [0.2, 0.25) is 11.8 Å². The fourth-order valence-corrected chi connectivity index (χ4v) is 2.99. The first-order valence-corrected chi connectivity index (χ1v) is 8.48. The Kier molecular flexibility index (Phi) is 6.70. The van der Waals surface area contributed by atoms with E-state index < -0.39 is 10.8 Å². The van der Waals surface area contributed by atoms with Gasteiger partial charge in [-0.25, -0.2) is 0 Å². The molecule has 0 unspecified atom stereocenters. The first kappa shape index (κ1) is 19.4. The van der Waals surface area contributed by atoms with Gasteiger partial charge in [-0.15, -0.1) is 11.8 Å². The molecule has 0 heterocycles. The fourth-order valence-electron chi connectivity index (χ4n) is 2.18. The zero-order valence-corrected chi connectivity index (χ0v) is 14.7. The second-order valence-corrected chi connectivity index (χ2v) is 6.29. The van der Waals surface area contributed by atoms with Gasteiger partial charge in [-0.2, -0.15) is 0 Å². The number of thioether (sulfide) groups is 1. The van der Waals surface area contributed by atoms with Gasteiger partial charge in [-0.05, 0) is 29.8 Å². The molecule has 2 aromatic carbocycles. The van der Waals surface area contributed by atoms with Crippen LogP contribution in [-0.4, -0.2) is 29.6 Å². The van der Waals surface area contributed by atoms with E-state index in [1.807, 2.05) is 6.07 Å². The summed E-state index contributed by atoms with van der Waals surface area (Å²) in [6, 6.07) is 11.1. The Labute approximate surface area is 153 Å². The summed E-state index contributed by atoms with van der Waals surface area (Å²) >= 11 is 1.01. The van der Waals surface area contributed by atoms with Crippen LogP contribution in [-0.2, 0) is 16.1 Å². The molecule has 0 aliphatic heterocycles. The van der Waals surface area contributed by atoms with Crippen molar-refractivity contribution in [3.63, 3.8) is 0 Å². The molecule has 2 aromatic rings. The smallest absolute Gasteiger partial charge is 0.283 e. The molecule has 0 atom stereocenters. The molecule has 2 amide bonds. The molecule has 2 rings (SSSR count). The van der Waals surface area contributed by atoms with Gasteiger partial charge in [0.25, 0.3) is 5.69 Å². The summed E-state index contributed by atoms with van der Waals surface area (Å²) in [7, 11) is 1.58. The number of amides is 2. The topological polar surface area (TPSA) is 125 Å². The molecular weight excluding hydrogens is 358 g/mol. The number of nitro benzene ring substituents is 1. The van der Waals surface area contributed by atoms with Crippen LogP contribution in [0.25, 0.3) is 0 Å². The summed E-state index contributed by atoms with van der Waals surface area (Å²) in [6.45, 7) is 0.427. The van der Waals surface area contributed by atoms with Crippen LogP contribution in [0.4, 0.5) is 11.4 Å². The lowest BCUT2D eigenvalue weighted by Gasteiger charge is -2.08. The van der Waals surface area contributed by atoms with Gasteiger partial charge in [-0.1, -0.05) is 12.1 Å². The third-order valence-corrected chi connectivity index (χ3v) is 4.38. The van der Waals surface area contributed by atoms with Crippen LogP contribution in [0, 0.1) is 10.1 Å². The van der Waals surface area contributed by atoms with E-state index in [4.69, 9.17) is 10.5 Å². The van der Waals surface area contributed by atoms with Crippen LogP contribution in [0.5, 0.6) is 0 Å². The van der Waals surface area contributed by atoms with Crippen molar-refractivity contribution in [2.75, 3.05) is 18.2 Å². The molecule has 9 heteroatoms. The zero-order chi connectivity index (χ0) is 19.1. The number of methoxy groups -OCH3 is 1. The Morgan fingerprint density at radius 2 is 2.04 bits per heavy atom. The van der Waals surface area contributed by atoms with E-state index in [1.165, 1.54) is 12.1 Å². The summed E-state index contributed by atoms with van der Waals surface area (Å²) in [5, 5.41) is 13.9. The first-order valence-electron chi connectivity index (χ1n) is 7.49. The number of carbonyl (C=O) groups is 2. The largest absolute Gasteiger partial charge is 0.380 e. The normalized spacial score (nSPS) is 10.3. The fraction of sp³-hybridized carbons (Fsp3) is 0.176. The number of hydrogen-bond donors (Lipinski definition) is 2. The number of nitro groups is 1. The number of ether oxygens (including phenoxy) is 1. The third kappa shape index (κ3) is 5.30. The van der Waals surface area contributed by atoms with Crippen molar-refractivity contribution in [1.82, 2.24) is 0 Å². The van der Waals surface area contributed by atoms with Gasteiger partial charge in [0.05, 0.1) is 22.2 Å². The number of carbonyl (C=O) groups excluding carboxylic acids is 2. The Morgan fingerprint density at radius 1 is 1.27 bits per heavy atom. The summed E-state index contributed by atoms with van der Waals surface area (Å²) in [6.07, 6.45) is 0. The van der Waals surface area contributed by atoms with E-state index in [9.17, 15) is 19.7 Å². The molecule has 0 bridgehead atoms. The van der Waals surface area contributed by atoms with Crippen molar-refractivity contribution < 1.29 is 19.2 Å². The predicted molar refractivity (Wildman–Crippen MR) is 98.1 cm³/mol. The van der Waals surface area contributed by atoms with Crippen LogP contribution in [0.15, 0.2) is 47.4 Å². The monoisotopic (exact) mass is 375 g/mol. The Bertz CT molecular complexity index is 841. The number of nitrogens with two attached hydrogens (primary N) is 1. The van der Waals surface area contributed by atoms with Crippen LogP contribution in [0.1, 0.15) is 15.9 Å². The lowest BCUT2D eigenvalue weighted by atomic mass is 10.2. The standard InChI is InChI=1S/C17H17N3O5S/c1-25-9-11-3-2-4-13(7-11)19-16(21)10-26-15-6-5-12(17(18)22)8-14(15)20(23)24/h2-8H,9-10H2,1H3,(H2,18,22)(H,19,21). The Hall–Kier alpha value is -2.91. The highest BCUT2D eigenvalue weighted by Crippen LogP contribution is 2.30. The maximum absolute atomic E-state index is 12.1. The minimum atomic E-state index is -0.752. The molecule has 0 aliphatic rings. The van der Waals surface area contributed by atoms with Crippen molar-refractivity contribution in [2.24, 2.45) is 5.73 Å². The van der Waals surface area contributed by atoms with Gasteiger partial charge >= 0.3 is 0 Å². The molecule has 0 aromatic heterocycles. The Balaban J connectivity index is 2.04. The van der Waals surface area contributed by atoms with Crippen molar-refractivity contribution in [3.05, 3.63) is 63.7 Å². The van der Waals surface area contributed by atoms with Crippen molar-refractivity contribution in [3.8, 4) is 0 Å². The van der Waals surface area contributed by atoms with Gasteiger partial charge in [-0.3, -0.25) is 19.7 Å². The lowest BCUT2D eigenvalue weighted by Crippen LogP contribution is -2.14. The van der Waals surface area contributed by atoms with E-state index in [0.29, 0.717) is 12.3 Å². The number of primary amides is 1. The molecule has 3 N–H and O–H groups in total. The molecule has 0 saturated carbocycles. The number of anilines is 1. The molecule has 136 valence electrons. The van der Waals surface area contributed by atoms with E-state index in [2.05, 4.69) is 5.32 Å². The van der Waals surface area contributed by atoms with Crippen molar-refractivity contribution in [1.29, 1.82) is 0 Å². The summed E-state index contributed by atoms with van der Waals surface area (Å²) < 4.78 is 5.04. The lowest BCUT2D eigenvalue weighted by molar-refractivity contribution is -0.387. The second-order valence-electron chi connectivity index (χ2n) is 5.27. The van der Waals surface area contributed by atoms with Crippen molar-refractivity contribution in [2.45, 2.75) is 11.5 Å². The van der Waals surface area contributed by atoms with Gasteiger partial charge in [0.1, 0.15) is 0 Å². The number of rotatable bonds is 8. The highest BCUT2D eigenvalue weighted by molar-refractivity contribution is 8.00. The van der Waals surface area contributed by atoms with Crippen molar-refractivity contribution >= 4 is 35.0 Å². The third-order valence-electron chi connectivity index (χ3n) is 3.32. The van der Waals surface area contributed by atoms with E-state index in [1.54, 1.807) is 25.3 Å². The number of benzene rings is 2. The van der Waals surface area contributed by atoms with E-state index in [-0.39, 0.29) is 27.8 Å². The zero-order valence-electron chi connectivity index (χ0n) is 13.9. The number of nitrogens with zero attached hydrogens (tertiary/aromatic N) is 1. The molecule has 0 radical (unpaired) electrons. The maximum atomic E-state index is 12.1. The predicted octanol–water partition coefficient (Wildman–Crippen LogP) is 2.57. The van der Waals surface area contributed by atoms with Crippen LogP contribution < -0.4 is 11.1 Å². The molecule has 0 saturated heterocycles. The molecular formula is C17H17N3O5S.